The van der Waals surface area contributed by atoms with Crippen LogP contribution in [-0.4, -0.2) is 78.4 Å². The lowest BCUT2D eigenvalue weighted by molar-refractivity contribution is -0.141. The predicted octanol–water partition coefficient (Wildman–Crippen LogP) is 0.659. The average molecular weight is 511 g/mol. The molecular formula is C28H42N6O3. The first kappa shape index (κ1) is 30.0. The van der Waals surface area contributed by atoms with Crippen LogP contribution in [-0.2, 0) is 27.2 Å². The number of hydrogen-bond donors (Lipinski definition) is 4. The van der Waals surface area contributed by atoms with Crippen LogP contribution in [0.15, 0.2) is 60.7 Å². The Labute approximate surface area is 220 Å². The van der Waals surface area contributed by atoms with Gasteiger partial charge in [-0.05, 0) is 37.8 Å². The second-order valence-corrected chi connectivity index (χ2v) is 9.65. The molecule has 1 atom stereocenters. The third kappa shape index (κ3) is 9.95. The molecule has 2 aromatic carbocycles. The summed E-state index contributed by atoms with van der Waals surface area (Å²) >= 11 is 0. The summed E-state index contributed by atoms with van der Waals surface area (Å²) in [6.07, 6.45) is 1.19. The van der Waals surface area contributed by atoms with E-state index in [2.05, 4.69) is 5.32 Å². The molecule has 202 valence electrons. The van der Waals surface area contributed by atoms with E-state index >= 15 is 0 Å². The molecular weight excluding hydrogens is 468 g/mol. The van der Waals surface area contributed by atoms with Crippen molar-refractivity contribution in [2.45, 2.75) is 44.7 Å². The highest BCUT2D eigenvalue weighted by molar-refractivity contribution is 5.94. The van der Waals surface area contributed by atoms with Crippen LogP contribution in [0.4, 0.5) is 0 Å². The molecule has 0 aromatic heterocycles. The van der Waals surface area contributed by atoms with Gasteiger partial charge in [-0.2, -0.15) is 0 Å². The van der Waals surface area contributed by atoms with E-state index in [0.29, 0.717) is 39.0 Å². The molecule has 37 heavy (non-hydrogen) atoms. The fourth-order valence-electron chi connectivity index (χ4n) is 4.06. The molecule has 7 N–H and O–H groups in total. The molecule has 0 aliphatic carbocycles. The molecule has 9 heteroatoms. The van der Waals surface area contributed by atoms with Crippen LogP contribution in [0.2, 0.25) is 0 Å². The first-order chi connectivity index (χ1) is 17.7. The number of carbonyl (C=O) groups excluding carboxylic acids is 3. The molecule has 0 aliphatic rings. The Bertz CT molecular complexity index is 934. The van der Waals surface area contributed by atoms with Crippen molar-refractivity contribution in [3.8, 4) is 0 Å². The Hall–Kier alpha value is -3.27. The van der Waals surface area contributed by atoms with E-state index in [1.165, 1.54) is 4.90 Å². The number of hydrogen-bond acceptors (Lipinski definition) is 6. The summed E-state index contributed by atoms with van der Waals surface area (Å²) < 4.78 is 0. The topological polar surface area (TPSA) is 148 Å². The number of carbonyl (C=O) groups is 3. The summed E-state index contributed by atoms with van der Waals surface area (Å²) in [7, 11) is 0. The maximum absolute atomic E-state index is 13.6. The normalized spacial score (nSPS) is 12.0. The van der Waals surface area contributed by atoms with Gasteiger partial charge in [0.2, 0.25) is 17.7 Å². The van der Waals surface area contributed by atoms with Gasteiger partial charge in [0.15, 0.2) is 0 Å². The molecule has 2 rings (SSSR count). The lowest BCUT2D eigenvalue weighted by Crippen LogP contribution is -2.59. The Morgan fingerprint density at radius 3 is 1.68 bits per heavy atom. The van der Waals surface area contributed by atoms with Crippen LogP contribution in [0.5, 0.6) is 0 Å². The van der Waals surface area contributed by atoms with E-state index in [4.69, 9.17) is 17.2 Å². The summed E-state index contributed by atoms with van der Waals surface area (Å²) in [4.78, 5) is 42.4. The molecule has 0 saturated heterocycles. The smallest absolute Gasteiger partial charge is 0.247 e. The SMILES string of the molecule is CC(C)(NC(=O)[C@@H](N)CC(=O)N(CCN)CCN)C(=O)N(CCc1ccccc1)CCc1ccccc1. The zero-order chi connectivity index (χ0) is 27.3. The Kier molecular flexibility index (Phi) is 12.2. The molecule has 0 fully saturated rings. The van der Waals surface area contributed by atoms with Gasteiger partial charge in [0, 0.05) is 39.3 Å². The molecule has 3 amide bonds. The van der Waals surface area contributed by atoms with Crippen molar-refractivity contribution in [2.24, 2.45) is 17.2 Å². The van der Waals surface area contributed by atoms with E-state index in [1.807, 2.05) is 60.7 Å². The van der Waals surface area contributed by atoms with Crippen molar-refractivity contribution >= 4 is 17.7 Å². The predicted molar refractivity (Wildman–Crippen MR) is 146 cm³/mol. The van der Waals surface area contributed by atoms with Gasteiger partial charge >= 0.3 is 0 Å². The van der Waals surface area contributed by atoms with Crippen LogP contribution in [0, 0.1) is 0 Å². The van der Waals surface area contributed by atoms with E-state index in [-0.39, 0.29) is 31.3 Å². The Morgan fingerprint density at radius 1 is 0.784 bits per heavy atom. The van der Waals surface area contributed by atoms with E-state index in [0.717, 1.165) is 11.1 Å². The van der Waals surface area contributed by atoms with Gasteiger partial charge in [-0.1, -0.05) is 60.7 Å². The minimum Gasteiger partial charge on any atom is -0.341 e. The standard InChI is InChI=1S/C28H42N6O3/c1-28(2,32-26(36)24(31)21-25(35)33(19-15-29)20-16-30)27(37)34(17-13-22-9-5-3-6-10-22)18-14-23-11-7-4-8-12-23/h3-12,24H,13-21,29-31H2,1-2H3,(H,32,36)/t24-/m0/s1. The van der Waals surface area contributed by atoms with Crippen molar-refractivity contribution < 1.29 is 14.4 Å². The van der Waals surface area contributed by atoms with Crippen molar-refractivity contribution in [1.82, 2.24) is 15.1 Å². The second kappa shape index (κ2) is 15.1. The minimum atomic E-state index is -1.21. The molecule has 0 heterocycles. The monoisotopic (exact) mass is 510 g/mol. The zero-order valence-electron chi connectivity index (χ0n) is 22.1. The highest BCUT2D eigenvalue weighted by Gasteiger charge is 2.35. The molecule has 0 spiro atoms. The molecule has 0 aliphatic heterocycles. The first-order valence-electron chi connectivity index (χ1n) is 12.8. The Morgan fingerprint density at radius 2 is 1.24 bits per heavy atom. The van der Waals surface area contributed by atoms with Gasteiger partial charge in [-0.3, -0.25) is 14.4 Å². The highest BCUT2D eigenvalue weighted by Crippen LogP contribution is 2.13. The Balaban J connectivity index is 2.06. The number of rotatable bonds is 15. The van der Waals surface area contributed by atoms with Crippen LogP contribution in [0.1, 0.15) is 31.4 Å². The number of benzene rings is 2. The first-order valence-corrected chi connectivity index (χ1v) is 12.8. The third-order valence-corrected chi connectivity index (χ3v) is 6.17. The van der Waals surface area contributed by atoms with Crippen LogP contribution in [0.3, 0.4) is 0 Å². The van der Waals surface area contributed by atoms with Crippen molar-refractivity contribution in [1.29, 1.82) is 0 Å². The van der Waals surface area contributed by atoms with Crippen molar-refractivity contribution in [2.75, 3.05) is 39.3 Å². The van der Waals surface area contributed by atoms with Gasteiger partial charge in [-0.25, -0.2) is 0 Å². The van der Waals surface area contributed by atoms with Crippen LogP contribution in [0.25, 0.3) is 0 Å². The molecule has 0 saturated carbocycles. The number of nitrogens with two attached hydrogens (primary N) is 3. The number of nitrogens with zero attached hydrogens (tertiary/aromatic N) is 2. The molecule has 0 unspecified atom stereocenters. The fourth-order valence-corrected chi connectivity index (χ4v) is 4.06. The maximum Gasteiger partial charge on any atom is 0.247 e. The molecule has 0 radical (unpaired) electrons. The van der Waals surface area contributed by atoms with Crippen molar-refractivity contribution in [3.63, 3.8) is 0 Å². The highest BCUT2D eigenvalue weighted by atomic mass is 16.2. The summed E-state index contributed by atoms with van der Waals surface area (Å²) in [6, 6.07) is 18.8. The molecule has 9 nitrogen and oxygen atoms in total. The van der Waals surface area contributed by atoms with Gasteiger partial charge in [0.25, 0.3) is 0 Å². The van der Waals surface area contributed by atoms with Gasteiger partial charge in [0.05, 0.1) is 12.5 Å². The number of nitrogens with one attached hydrogen (secondary N) is 1. The van der Waals surface area contributed by atoms with Crippen LogP contribution < -0.4 is 22.5 Å². The molecule has 2 aromatic rings. The van der Waals surface area contributed by atoms with Gasteiger partial charge in [-0.15, -0.1) is 0 Å². The summed E-state index contributed by atoms with van der Waals surface area (Å²) in [5.41, 5.74) is 18.2. The fraction of sp³-hybridized carbons (Fsp3) is 0.464. The second-order valence-electron chi connectivity index (χ2n) is 9.65. The largest absolute Gasteiger partial charge is 0.341 e. The van der Waals surface area contributed by atoms with E-state index < -0.39 is 17.5 Å². The van der Waals surface area contributed by atoms with Gasteiger partial charge in [0.1, 0.15) is 5.54 Å². The van der Waals surface area contributed by atoms with Gasteiger partial charge < -0.3 is 32.3 Å². The van der Waals surface area contributed by atoms with E-state index in [9.17, 15) is 14.4 Å². The summed E-state index contributed by atoms with van der Waals surface area (Å²) in [5, 5.41) is 2.77. The summed E-state index contributed by atoms with van der Waals surface area (Å²) in [6.45, 7) is 5.59. The lowest BCUT2D eigenvalue weighted by Gasteiger charge is -2.33. The lowest BCUT2D eigenvalue weighted by atomic mass is 10.0. The summed E-state index contributed by atoms with van der Waals surface area (Å²) in [5.74, 6) is -1.06. The van der Waals surface area contributed by atoms with Crippen molar-refractivity contribution in [3.05, 3.63) is 71.8 Å². The molecule has 0 bridgehead atoms. The van der Waals surface area contributed by atoms with E-state index in [1.54, 1.807) is 18.7 Å². The zero-order valence-corrected chi connectivity index (χ0v) is 22.1. The maximum atomic E-state index is 13.6. The minimum absolute atomic E-state index is 0.193. The van der Waals surface area contributed by atoms with Crippen LogP contribution >= 0.6 is 0 Å². The average Bonchev–Trinajstić information content (AvgIpc) is 2.89. The quantitative estimate of drug-likeness (QED) is 0.277. The third-order valence-electron chi connectivity index (χ3n) is 6.17. The number of amides is 3.